The SMILES string of the molecule is Cc1ccc(NC(=S)N(C)C2CCN(C)CC2)cc1C. The topological polar surface area (TPSA) is 18.5 Å². The van der Waals surface area contributed by atoms with Crippen LogP contribution in [0.15, 0.2) is 18.2 Å². The van der Waals surface area contributed by atoms with Crippen molar-refractivity contribution < 1.29 is 0 Å². The van der Waals surface area contributed by atoms with Gasteiger partial charge in [-0.1, -0.05) is 6.07 Å². The zero-order valence-corrected chi connectivity index (χ0v) is 13.8. The summed E-state index contributed by atoms with van der Waals surface area (Å²) < 4.78 is 0. The molecular weight excluding hydrogens is 266 g/mol. The first kappa shape index (κ1) is 15.3. The van der Waals surface area contributed by atoms with Gasteiger partial charge >= 0.3 is 0 Å². The van der Waals surface area contributed by atoms with Crippen molar-refractivity contribution in [3.05, 3.63) is 29.3 Å². The van der Waals surface area contributed by atoms with E-state index in [0.29, 0.717) is 6.04 Å². The molecule has 1 N–H and O–H groups in total. The molecular formula is C16H25N3S. The van der Waals surface area contributed by atoms with Crippen molar-refractivity contribution in [3.63, 3.8) is 0 Å². The average Bonchev–Trinajstić information content (AvgIpc) is 2.43. The Bertz CT molecular complexity index is 479. The lowest BCUT2D eigenvalue weighted by atomic mass is 10.0. The zero-order chi connectivity index (χ0) is 14.7. The molecule has 0 atom stereocenters. The molecule has 20 heavy (non-hydrogen) atoms. The number of nitrogens with one attached hydrogen (secondary N) is 1. The zero-order valence-electron chi connectivity index (χ0n) is 12.9. The van der Waals surface area contributed by atoms with E-state index in [1.54, 1.807) is 0 Å². The number of benzene rings is 1. The molecule has 0 saturated carbocycles. The van der Waals surface area contributed by atoms with E-state index in [1.165, 1.54) is 24.0 Å². The number of rotatable bonds is 2. The van der Waals surface area contributed by atoms with Crippen LogP contribution in [0.3, 0.4) is 0 Å². The third kappa shape index (κ3) is 3.70. The Morgan fingerprint density at radius 2 is 1.90 bits per heavy atom. The Morgan fingerprint density at radius 3 is 2.50 bits per heavy atom. The van der Waals surface area contributed by atoms with Crippen molar-refractivity contribution in [2.75, 3.05) is 32.5 Å². The molecule has 3 nitrogen and oxygen atoms in total. The highest BCUT2D eigenvalue weighted by molar-refractivity contribution is 7.80. The van der Waals surface area contributed by atoms with E-state index in [1.807, 2.05) is 0 Å². The van der Waals surface area contributed by atoms with Gasteiger partial charge in [-0.3, -0.25) is 0 Å². The second-order valence-corrected chi connectivity index (χ2v) is 6.26. The molecule has 1 aliphatic rings. The standard InChI is InChI=1S/C16H25N3S/c1-12-5-6-14(11-13(12)2)17-16(20)19(4)15-7-9-18(3)10-8-15/h5-6,11,15H,7-10H2,1-4H3,(H,17,20). The van der Waals surface area contributed by atoms with E-state index in [4.69, 9.17) is 12.2 Å². The summed E-state index contributed by atoms with van der Waals surface area (Å²) in [5.41, 5.74) is 3.68. The van der Waals surface area contributed by atoms with Crippen molar-refractivity contribution in [1.82, 2.24) is 9.80 Å². The van der Waals surface area contributed by atoms with Gasteiger partial charge in [0.1, 0.15) is 0 Å². The Morgan fingerprint density at radius 1 is 1.25 bits per heavy atom. The van der Waals surface area contributed by atoms with Gasteiger partial charge in [0.25, 0.3) is 0 Å². The van der Waals surface area contributed by atoms with Crippen molar-refractivity contribution in [1.29, 1.82) is 0 Å². The third-order valence-corrected chi connectivity index (χ3v) is 4.70. The summed E-state index contributed by atoms with van der Waals surface area (Å²) in [6.07, 6.45) is 2.36. The quantitative estimate of drug-likeness (QED) is 0.844. The summed E-state index contributed by atoms with van der Waals surface area (Å²) in [5, 5.41) is 4.18. The van der Waals surface area contributed by atoms with Crippen molar-refractivity contribution in [2.24, 2.45) is 0 Å². The summed E-state index contributed by atoms with van der Waals surface area (Å²) in [7, 11) is 4.29. The van der Waals surface area contributed by atoms with E-state index in [2.05, 4.69) is 61.3 Å². The highest BCUT2D eigenvalue weighted by Gasteiger charge is 2.22. The monoisotopic (exact) mass is 291 g/mol. The molecule has 0 aromatic heterocycles. The first-order chi connectivity index (χ1) is 9.47. The fourth-order valence-corrected chi connectivity index (χ4v) is 2.85. The molecule has 1 heterocycles. The predicted octanol–water partition coefficient (Wildman–Crippen LogP) is 3.03. The molecule has 4 heteroatoms. The smallest absolute Gasteiger partial charge is 0.173 e. The number of hydrogen-bond donors (Lipinski definition) is 1. The number of thiocarbonyl (C=S) groups is 1. The van der Waals surface area contributed by atoms with Crippen LogP contribution in [0.2, 0.25) is 0 Å². The molecule has 0 spiro atoms. The fourth-order valence-electron chi connectivity index (χ4n) is 2.58. The molecule has 110 valence electrons. The highest BCUT2D eigenvalue weighted by Crippen LogP contribution is 2.18. The first-order valence-corrected chi connectivity index (χ1v) is 7.68. The van der Waals surface area contributed by atoms with Gasteiger partial charge in [0.05, 0.1) is 0 Å². The van der Waals surface area contributed by atoms with Gasteiger partial charge in [0, 0.05) is 18.8 Å². The number of anilines is 1. The molecule has 1 aromatic rings. The summed E-state index contributed by atoms with van der Waals surface area (Å²) in [6, 6.07) is 6.94. The van der Waals surface area contributed by atoms with Crippen LogP contribution in [-0.2, 0) is 0 Å². The van der Waals surface area contributed by atoms with E-state index < -0.39 is 0 Å². The minimum Gasteiger partial charge on any atom is -0.349 e. The van der Waals surface area contributed by atoms with E-state index in [9.17, 15) is 0 Å². The number of likely N-dealkylation sites (tertiary alicyclic amines) is 1. The minimum atomic E-state index is 0.553. The molecule has 0 unspecified atom stereocenters. The van der Waals surface area contributed by atoms with Crippen molar-refractivity contribution >= 4 is 23.0 Å². The maximum Gasteiger partial charge on any atom is 0.173 e. The minimum absolute atomic E-state index is 0.553. The fraction of sp³-hybridized carbons (Fsp3) is 0.562. The van der Waals surface area contributed by atoms with Gasteiger partial charge in [0.2, 0.25) is 0 Å². The summed E-state index contributed by atoms with van der Waals surface area (Å²) in [5.74, 6) is 0. The van der Waals surface area contributed by atoms with Crippen LogP contribution in [-0.4, -0.2) is 48.1 Å². The Hall–Kier alpha value is -1.13. The maximum absolute atomic E-state index is 5.55. The van der Waals surface area contributed by atoms with Gasteiger partial charge in [-0.05, 0) is 82.3 Å². The molecule has 0 bridgehead atoms. The van der Waals surface area contributed by atoms with E-state index in [-0.39, 0.29) is 0 Å². The van der Waals surface area contributed by atoms with Crippen LogP contribution in [0.5, 0.6) is 0 Å². The van der Waals surface area contributed by atoms with Gasteiger partial charge in [0.15, 0.2) is 5.11 Å². The molecule has 0 radical (unpaired) electrons. The van der Waals surface area contributed by atoms with Crippen LogP contribution in [0.25, 0.3) is 0 Å². The molecule has 0 aliphatic carbocycles. The van der Waals surface area contributed by atoms with Crippen LogP contribution >= 0.6 is 12.2 Å². The summed E-state index contributed by atoms with van der Waals surface area (Å²) in [6.45, 7) is 6.56. The number of aryl methyl sites for hydroxylation is 2. The van der Waals surface area contributed by atoms with E-state index >= 15 is 0 Å². The Labute approximate surface area is 128 Å². The predicted molar refractivity (Wildman–Crippen MR) is 90.4 cm³/mol. The summed E-state index contributed by atoms with van der Waals surface area (Å²) in [4.78, 5) is 4.60. The summed E-state index contributed by atoms with van der Waals surface area (Å²) >= 11 is 5.55. The Kier molecular flexibility index (Phi) is 5.00. The van der Waals surface area contributed by atoms with Crippen LogP contribution in [0.4, 0.5) is 5.69 Å². The normalized spacial score (nSPS) is 17.0. The molecule has 0 amide bonds. The third-order valence-electron chi connectivity index (χ3n) is 4.31. The Balaban J connectivity index is 1.95. The highest BCUT2D eigenvalue weighted by atomic mass is 32.1. The number of nitrogens with zero attached hydrogens (tertiary/aromatic N) is 2. The van der Waals surface area contributed by atoms with E-state index in [0.717, 1.165) is 23.9 Å². The van der Waals surface area contributed by atoms with Gasteiger partial charge < -0.3 is 15.1 Å². The van der Waals surface area contributed by atoms with Crippen molar-refractivity contribution in [3.8, 4) is 0 Å². The van der Waals surface area contributed by atoms with Crippen LogP contribution in [0.1, 0.15) is 24.0 Å². The largest absolute Gasteiger partial charge is 0.349 e. The van der Waals surface area contributed by atoms with Gasteiger partial charge in [-0.2, -0.15) is 0 Å². The second-order valence-electron chi connectivity index (χ2n) is 5.87. The first-order valence-electron chi connectivity index (χ1n) is 7.27. The lowest BCUT2D eigenvalue weighted by Gasteiger charge is -2.36. The lowest BCUT2D eigenvalue weighted by molar-refractivity contribution is 0.193. The van der Waals surface area contributed by atoms with Crippen molar-refractivity contribution in [2.45, 2.75) is 32.7 Å². The van der Waals surface area contributed by atoms with Crippen LogP contribution < -0.4 is 5.32 Å². The molecule has 2 rings (SSSR count). The lowest BCUT2D eigenvalue weighted by Crippen LogP contribution is -2.45. The maximum atomic E-state index is 5.55. The molecule has 1 aromatic carbocycles. The number of piperidine rings is 1. The number of hydrogen-bond acceptors (Lipinski definition) is 2. The average molecular weight is 291 g/mol. The molecule has 1 fully saturated rings. The van der Waals surface area contributed by atoms with Gasteiger partial charge in [-0.15, -0.1) is 0 Å². The second kappa shape index (κ2) is 6.55. The molecule has 1 aliphatic heterocycles. The van der Waals surface area contributed by atoms with Crippen LogP contribution in [0, 0.1) is 13.8 Å². The van der Waals surface area contributed by atoms with Gasteiger partial charge in [-0.25, -0.2) is 0 Å². The molecule has 1 saturated heterocycles.